The zero-order chi connectivity index (χ0) is 14.0. The minimum Gasteiger partial charge on any atom is -0.312 e. The molecule has 0 radical (unpaired) electrons. The topological polar surface area (TPSA) is 104 Å². The monoisotopic (exact) mass is 305 g/mol. The highest BCUT2D eigenvalue weighted by atomic mass is 32.2. The molecular formula is C9H15N5O3S2. The zero-order valence-electron chi connectivity index (χ0n) is 10.6. The SMILES string of the molecule is CC(=O)Nc1nnc(S(=O)(=O)N2CCNC(C)C2)s1. The summed E-state index contributed by atoms with van der Waals surface area (Å²) in [6, 6.07) is 0.103. The summed E-state index contributed by atoms with van der Waals surface area (Å²) in [4.78, 5) is 10.9. The third-order valence-electron chi connectivity index (χ3n) is 2.58. The van der Waals surface area contributed by atoms with Gasteiger partial charge in [-0.15, -0.1) is 10.2 Å². The largest absolute Gasteiger partial charge is 0.312 e. The van der Waals surface area contributed by atoms with Gasteiger partial charge in [0.2, 0.25) is 15.4 Å². The highest BCUT2D eigenvalue weighted by molar-refractivity contribution is 7.91. The van der Waals surface area contributed by atoms with Crippen LogP contribution in [0.25, 0.3) is 0 Å². The lowest BCUT2D eigenvalue weighted by Gasteiger charge is -2.29. The van der Waals surface area contributed by atoms with E-state index in [9.17, 15) is 13.2 Å². The first-order chi connectivity index (χ1) is 8.89. The Bertz CT molecular complexity index is 570. The first-order valence-corrected chi connectivity index (χ1v) is 8.00. The number of anilines is 1. The first-order valence-electron chi connectivity index (χ1n) is 5.74. The van der Waals surface area contributed by atoms with E-state index in [-0.39, 0.29) is 21.4 Å². The van der Waals surface area contributed by atoms with Crippen LogP contribution in [-0.4, -0.2) is 54.5 Å². The van der Waals surface area contributed by atoms with Crippen molar-refractivity contribution < 1.29 is 13.2 Å². The van der Waals surface area contributed by atoms with Crippen LogP contribution in [0.15, 0.2) is 4.34 Å². The van der Waals surface area contributed by atoms with Gasteiger partial charge < -0.3 is 10.6 Å². The van der Waals surface area contributed by atoms with Gasteiger partial charge in [0, 0.05) is 32.6 Å². The average Bonchev–Trinajstić information content (AvgIpc) is 2.77. The van der Waals surface area contributed by atoms with Crippen LogP contribution in [0.2, 0.25) is 0 Å². The summed E-state index contributed by atoms with van der Waals surface area (Å²) < 4.78 is 25.9. The smallest absolute Gasteiger partial charge is 0.272 e. The molecular weight excluding hydrogens is 290 g/mol. The fourth-order valence-electron chi connectivity index (χ4n) is 1.74. The first kappa shape index (κ1) is 14.3. The molecule has 19 heavy (non-hydrogen) atoms. The molecule has 2 heterocycles. The number of carbonyl (C=O) groups is 1. The van der Waals surface area contributed by atoms with Gasteiger partial charge in [0.15, 0.2) is 0 Å². The van der Waals surface area contributed by atoms with Gasteiger partial charge in [0.05, 0.1) is 0 Å². The lowest BCUT2D eigenvalue weighted by Crippen LogP contribution is -2.51. The molecule has 106 valence electrons. The van der Waals surface area contributed by atoms with E-state index in [0.717, 1.165) is 11.3 Å². The quantitative estimate of drug-likeness (QED) is 0.728. The Morgan fingerprint density at radius 3 is 2.89 bits per heavy atom. The molecule has 0 bridgehead atoms. The van der Waals surface area contributed by atoms with Gasteiger partial charge in [-0.3, -0.25) is 4.79 Å². The Kier molecular flexibility index (Phi) is 4.13. The van der Waals surface area contributed by atoms with Crippen LogP contribution >= 0.6 is 11.3 Å². The normalized spacial score (nSPS) is 21.3. The molecule has 1 atom stereocenters. The summed E-state index contributed by atoms with van der Waals surface area (Å²) in [6.07, 6.45) is 0. The van der Waals surface area contributed by atoms with E-state index in [1.54, 1.807) is 0 Å². The summed E-state index contributed by atoms with van der Waals surface area (Å²) in [5.74, 6) is -0.309. The Balaban J connectivity index is 2.19. The maximum atomic E-state index is 12.3. The number of amides is 1. The number of nitrogens with zero attached hydrogens (tertiary/aromatic N) is 3. The molecule has 1 aliphatic rings. The molecule has 1 unspecified atom stereocenters. The number of carbonyl (C=O) groups excluding carboxylic acids is 1. The number of hydrogen-bond acceptors (Lipinski definition) is 7. The predicted molar refractivity (Wildman–Crippen MR) is 70.4 cm³/mol. The number of nitrogens with one attached hydrogen (secondary N) is 2. The summed E-state index contributed by atoms with van der Waals surface area (Å²) >= 11 is 0.859. The van der Waals surface area contributed by atoms with Crippen LogP contribution in [0.3, 0.4) is 0 Å². The lowest BCUT2D eigenvalue weighted by molar-refractivity contribution is -0.114. The number of rotatable bonds is 3. The van der Waals surface area contributed by atoms with E-state index in [0.29, 0.717) is 19.6 Å². The van der Waals surface area contributed by atoms with E-state index in [4.69, 9.17) is 0 Å². The van der Waals surface area contributed by atoms with Crippen molar-refractivity contribution in [2.24, 2.45) is 0 Å². The van der Waals surface area contributed by atoms with Gasteiger partial charge in [-0.1, -0.05) is 11.3 Å². The van der Waals surface area contributed by atoms with E-state index in [1.165, 1.54) is 11.2 Å². The fraction of sp³-hybridized carbons (Fsp3) is 0.667. The van der Waals surface area contributed by atoms with E-state index in [2.05, 4.69) is 20.8 Å². The van der Waals surface area contributed by atoms with Crippen molar-refractivity contribution in [2.75, 3.05) is 25.0 Å². The van der Waals surface area contributed by atoms with Crippen molar-refractivity contribution >= 4 is 32.4 Å². The molecule has 1 aromatic rings. The average molecular weight is 305 g/mol. The standard InChI is InChI=1S/C9H15N5O3S2/c1-6-5-14(4-3-10-6)19(16,17)9-13-12-8(18-9)11-7(2)15/h6,10H,3-5H2,1-2H3,(H,11,12,15). The Morgan fingerprint density at radius 2 is 2.26 bits per heavy atom. The maximum Gasteiger partial charge on any atom is 0.272 e. The van der Waals surface area contributed by atoms with Crippen molar-refractivity contribution in [2.45, 2.75) is 24.2 Å². The molecule has 2 rings (SSSR count). The summed E-state index contributed by atoms with van der Waals surface area (Å²) in [6.45, 7) is 4.66. The highest BCUT2D eigenvalue weighted by Gasteiger charge is 2.31. The van der Waals surface area contributed by atoms with Crippen LogP contribution < -0.4 is 10.6 Å². The Hall–Kier alpha value is -1.10. The number of sulfonamides is 1. The van der Waals surface area contributed by atoms with E-state index >= 15 is 0 Å². The zero-order valence-corrected chi connectivity index (χ0v) is 12.2. The summed E-state index contributed by atoms with van der Waals surface area (Å²) in [5, 5.41) is 13.1. The van der Waals surface area contributed by atoms with Gasteiger partial charge in [-0.2, -0.15) is 4.31 Å². The van der Waals surface area contributed by atoms with Crippen molar-refractivity contribution in [3.05, 3.63) is 0 Å². The number of aromatic nitrogens is 2. The lowest BCUT2D eigenvalue weighted by atomic mass is 10.3. The molecule has 1 amide bonds. The second-order valence-electron chi connectivity index (χ2n) is 4.27. The van der Waals surface area contributed by atoms with Gasteiger partial charge >= 0.3 is 0 Å². The minimum atomic E-state index is -3.62. The van der Waals surface area contributed by atoms with E-state index in [1.807, 2.05) is 6.92 Å². The highest BCUT2D eigenvalue weighted by Crippen LogP contribution is 2.23. The molecule has 0 aromatic carbocycles. The second-order valence-corrected chi connectivity index (χ2v) is 7.36. The van der Waals surface area contributed by atoms with E-state index < -0.39 is 10.0 Å². The maximum absolute atomic E-state index is 12.3. The summed E-state index contributed by atoms with van der Waals surface area (Å²) in [7, 11) is -3.62. The fourth-order valence-corrected chi connectivity index (χ4v) is 4.35. The van der Waals surface area contributed by atoms with Crippen molar-refractivity contribution in [3.8, 4) is 0 Å². The summed E-state index contributed by atoms with van der Waals surface area (Å²) in [5.41, 5.74) is 0. The molecule has 10 heteroatoms. The van der Waals surface area contributed by atoms with Gasteiger partial charge in [0.25, 0.3) is 10.0 Å². The molecule has 0 aliphatic carbocycles. The van der Waals surface area contributed by atoms with Crippen molar-refractivity contribution in [3.63, 3.8) is 0 Å². The van der Waals surface area contributed by atoms with Gasteiger partial charge in [0.1, 0.15) is 0 Å². The predicted octanol–water partition coefficient (Wildman–Crippen LogP) is -0.521. The molecule has 1 saturated heterocycles. The van der Waals surface area contributed by atoms with Crippen LogP contribution in [0.4, 0.5) is 5.13 Å². The molecule has 1 aliphatic heterocycles. The van der Waals surface area contributed by atoms with Crippen molar-refractivity contribution in [1.29, 1.82) is 0 Å². The third kappa shape index (κ3) is 3.26. The van der Waals surface area contributed by atoms with Crippen LogP contribution in [0.1, 0.15) is 13.8 Å². The number of piperazine rings is 1. The third-order valence-corrected chi connectivity index (χ3v) is 5.63. The van der Waals surface area contributed by atoms with Crippen LogP contribution in [0.5, 0.6) is 0 Å². The Labute approximate surface area is 115 Å². The van der Waals surface area contributed by atoms with Gasteiger partial charge in [-0.25, -0.2) is 8.42 Å². The van der Waals surface area contributed by atoms with Crippen LogP contribution in [0, 0.1) is 0 Å². The Morgan fingerprint density at radius 1 is 1.53 bits per heavy atom. The minimum absolute atomic E-state index is 0.0923. The molecule has 1 aromatic heterocycles. The molecule has 0 spiro atoms. The number of hydrogen-bond donors (Lipinski definition) is 2. The molecule has 8 nitrogen and oxygen atoms in total. The second kappa shape index (κ2) is 5.49. The van der Waals surface area contributed by atoms with Crippen molar-refractivity contribution in [1.82, 2.24) is 19.8 Å². The van der Waals surface area contributed by atoms with Crippen LogP contribution in [-0.2, 0) is 14.8 Å². The molecule has 0 saturated carbocycles. The molecule has 2 N–H and O–H groups in total. The van der Waals surface area contributed by atoms with Gasteiger partial charge in [-0.05, 0) is 6.92 Å². The molecule has 1 fully saturated rings.